The molecule has 1 heterocycles. The second-order valence-electron chi connectivity index (χ2n) is 6.45. The van der Waals surface area contributed by atoms with E-state index in [2.05, 4.69) is 37.2 Å². The first-order valence-electron chi connectivity index (χ1n) is 7.16. The number of hydrogen-bond acceptors (Lipinski definition) is 1. The molecule has 5 heteroatoms. The maximum absolute atomic E-state index is 13.8. The van der Waals surface area contributed by atoms with E-state index in [9.17, 15) is 4.39 Å². The third kappa shape index (κ3) is 3.35. The Bertz CT molecular complexity index is 647. The molecule has 0 aliphatic carbocycles. The lowest BCUT2D eigenvalue weighted by atomic mass is 9.81. The molecule has 0 radical (unpaired) electrons. The van der Waals surface area contributed by atoms with Crippen molar-refractivity contribution in [1.29, 1.82) is 0 Å². The largest absolute Gasteiger partial charge is 0.327 e. The molecule has 2 rings (SSSR count). The molecule has 1 aromatic heterocycles. The molecule has 0 aliphatic rings. The Morgan fingerprint density at radius 1 is 1.33 bits per heavy atom. The van der Waals surface area contributed by atoms with Crippen molar-refractivity contribution in [2.45, 2.75) is 40.7 Å². The summed E-state index contributed by atoms with van der Waals surface area (Å²) in [7, 11) is 0. The molecule has 1 aromatic carbocycles. The molecule has 0 saturated carbocycles. The average molecular weight is 331 g/mol. The fourth-order valence-electron chi connectivity index (χ4n) is 2.21. The van der Waals surface area contributed by atoms with Gasteiger partial charge >= 0.3 is 0 Å². The zero-order valence-electron chi connectivity index (χ0n) is 12.9. The van der Waals surface area contributed by atoms with E-state index in [-0.39, 0.29) is 10.4 Å². The Kier molecular flexibility index (Phi) is 4.84. The van der Waals surface area contributed by atoms with Crippen molar-refractivity contribution in [2.24, 2.45) is 11.3 Å². The van der Waals surface area contributed by atoms with Crippen molar-refractivity contribution >= 4 is 34.2 Å². The van der Waals surface area contributed by atoms with E-state index in [1.54, 1.807) is 6.07 Å². The van der Waals surface area contributed by atoms with Crippen LogP contribution in [0.15, 0.2) is 12.1 Å². The number of benzene rings is 1. The highest BCUT2D eigenvalue weighted by atomic mass is 35.5. The van der Waals surface area contributed by atoms with Crippen molar-refractivity contribution in [3.63, 3.8) is 0 Å². The first kappa shape index (κ1) is 16.6. The van der Waals surface area contributed by atoms with Crippen LogP contribution in [0.4, 0.5) is 4.39 Å². The molecule has 0 N–H and O–H groups in total. The lowest BCUT2D eigenvalue weighted by molar-refractivity contribution is 0.210. The molecular weight excluding hydrogens is 310 g/mol. The van der Waals surface area contributed by atoms with E-state index in [1.807, 2.05) is 0 Å². The van der Waals surface area contributed by atoms with Gasteiger partial charge in [0.1, 0.15) is 11.6 Å². The summed E-state index contributed by atoms with van der Waals surface area (Å²) in [5.74, 6) is 1.46. The summed E-state index contributed by atoms with van der Waals surface area (Å²) < 4.78 is 15.9. The summed E-state index contributed by atoms with van der Waals surface area (Å²) >= 11 is 11.7. The van der Waals surface area contributed by atoms with Crippen molar-refractivity contribution in [3.8, 4) is 0 Å². The Labute approximate surface area is 135 Å². The van der Waals surface area contributed by atoms with Gasteiger partial charge in [-0.15, -0.1) is 11.6 Å². The van der Waals surface area contributed by atoms with Gasteiger partial charge < -0.3 is 4.57 Å². The lowest BCUT2D eigenvalue weighted by Crippen LogP contribution is -2.26. The average Bonchev–Trinajstić information content (AvgIpc) is 2.68. The minimum atomic E-state index is -0.412. The van der Waals surface area contributed by atoms with Gasteiger partial charge in [-0.3, -0.25) is 0 Å². The first-order chi connectivity index (χ1) is 9.76. The first-order valence-corrected chi connectivity index (χ1v) is 8.07. The van der Waals surface area contributed by atoms with E-state index >= 15 is 0 Å². The SMILES string of the molecule is CC(C)C(C)(C)Cn1c(CCCl)nc2cc(Cl)c(F)cc21. The van der Waals surface area contributed by atoms with Gasteiger partial charge in [0.2, 0.25) is 0 Å². The molecule has 0 amide bonds. The number of aromatic nitrogens is 2. The van der Waals surface area contributed by atoms with Crippen LogP contribution in [-0.2, 0) is 13.0 Å². The van der Waals surface area contributed by atoms with Crippen LogP contribution in [0.2, 0.25) is 5.02 Å². The summed E-state index contributed by atoms with van der Waals surface area (Å²) in [6.45, 7) is 9.57. The van der Waals surface area contributed by atoms with Crippen molar-refractivity contribution < 1.29 is 4.39 Å². The maximum atomic E-state index is 13.8. The summed E-state index contributed by atoms with van der Waals surface area (Å²) in [4.78, 5) is 4.58. The second-order valence-corrected chi connectivity index (χ2v) is 7.24. The predicted molar refractivity (Wildman–Crippen MR) is 87.7 cm³/mol. The Morgan fingerprint density at radius 3 is 2.57 bits per heavy atom. The minimum Gasteiger partial charge on any atom is -0.327 e. The van der Waals surface area contributed by atoms with E-state index in [0.717, 1.165) is 23.4 Å². The monoisotopic (exact) mass is 330 g/mol. The van der Waals surface area contributed by atoms with Crippen LogP contribution < -0.4 is 0 Å². The van der Waals surface area contributed by atoms with Crippen molar-refractivity contribution in [2.75, 3.05) is 5.88 Å². The van der Waals surface area contributed by atoms with Gasteiger partial charge in [-0.1, -0.05) is 39.3 Å². The third-order valence-corrected chi connectivity index (χ3v) is 4.79. The van der Waals surface area contributed by atoms with Crippen LogP contribution in [0.5, 0.6) is 0 Å². The quantitative estimate of drug-likeness (QED) is 0.681. The summed E-state index contributed by atoms with van der Waals surface area (Å²) in [6.07, 6.45) is 0.656. The number of nitrogens with zero attached hydrogens (tertiary/aromatic N) is 2. The highest BCUT2D eigenvalue weighted by Crippen LogP contribution is 2.32. The van der Waals surface area contributed by atoms with Crippen LogP contribution in [0.3, 0.4) is 0 Å². The third-order valence-electron chi connectivity index (χ3n) is 4.32. The molecule has 21 heavy (non-hydrogen) atoms. The molecule has 0 unspecified atom stereocenters. The molecule has 2 aromatic rings. The van der Waals surface area contributed by atoms with Crippen molar-refractivity contribution in [3.05, 3.63) is 28.8 Å². The number of aryl methyl sites for hydroxylation is 1. The lowest BCUT2D eigenvalue weighted by Gasteiger charge is -2.30. The van der Waals surface area contributed by atoms with E-state index < -0.39 is 5.82 Å². The highest BCUT2D eigenvalue weighted by Gasteiger charge is 2.25. The molecule has 2 nitrogen and oxygen atoms in total. The van der Waals surface area contributed by atoms with Gasteiger partial charge in [0.15, 0.2) is 0 Å². The number of fused-ring (bicyclic) bond motifs is 1. The van der Waals surface area contributed by atoms with Crippen LogP contribution in [-0.4, -0.2) is 15.4 Å². The van der Waals surface area contributed by atoms with Crippen LogP contribution in [0, 0.1) is 17.2 Å². The molecule has 0 saturated heterocycles. The van der Waals surface area contributed by atoms with Crippen molar-refractivity contribution in [1.82, 2.24) is 9.55 Å². The second kappa shape index (κ2) is 6.13. The normalized spacial score (nSPS) is 12.6. The fourth-order valence-corrected chi connectivity index (χ4v) is 2.54. The molecule has 0 aliphatic heterocycles. The minimum absolute atomic E-state index is 0.0742. The molecule has 0 fully saturated rings. The van der Waals surface area contributed by atoms with Gasteiger partial charge in [-0.25, -0.2) is 9.37 Å². The number of hydrogen-bond donors (Lipinski definition) is 0. The highest BCUT2D eigenvalue weighted by molar-refractivity contribution is 6.31. The van der Waals surface area contributed by atoms with Gasteiger partial charge in [0.25, 0.3) is 0 Å². The van der Waals surface area contributed by atoms with E-state index in [4.69, 9.17) is 23.2 Å². The van der Waals surface area contributed by atoms with Gasteiger partial charge in [0, 0.05) is 24.9 Å². The number of rotatable bonds is 5. The van der Waals surface area contributed by atoms with Gasteiger partial charge in [-0.05, 0) is 17.4 Å². The number of alkyl halides is 1. The Balaban J connectivity index is 2.58. The fraction of sp³-hybridized carbons (Fsp3) is 0.562. The van der Waals surface area contributed by atoms with Crippen LogP contribution in [0.1, 0.15) is 33.5 Å². The summed E-state index contributed by atoms with van der Waals surface area (Å²) in [5.41, 5.74) is 1.58. The summed E-state index contributed by atoms with van der Waals surface area (Å²) in [5, 5.41) is 0.104. The zero-order chi connectivity index (χ0) is 15.8. The maximum Gasteiger partial charge on any atom is 0.144 e. The van der Waals surface area contributed by atoms with Crippen LogP contribution in [0.25, 0.3) is 11.0 Å². The van der Waals surface area contributed by atoms with Gasteiger partial charge in [-0.2, -0.15) is 0 Å². The Morgan fingerprint density at radius 2 is 2.00 bits per heavy atom. The van der Waals surface area contributed by atoms with E-state index in [0.29, 0.717) is 18.2 Å². The number of imidazole rings is 1. The predicted octanol–water partition coefficient (Wildman–Crippen LogP) is 5.29. The molecule has 0 bridgehead atoms. The Hall–Kier alpha value is -0.800. The molecule has 0 atom stereocenters. The smallest absolute Gasteiger partial charge is 0.144 e. The summed E-state index contributed by atoms with van der Waals surface area (Å²) in [6, 6.07) is 3.06. The number of halogens is 3. The molecule has 116 valence electrons. The van der Waals surface area contributed by atoms with E-state index in [1.165, 1.54) is 6.07 Å². The van der Waals surface area contributed by atoms with Crippen LogP contribution >= 0.6 is 23.2 Å². The zero-order valence-corrected chi connectivity index (χ0v) is 14.4. The standard InChI is InChI=1S/C16H21Cl2FN2/c1-10(2)16(3,4)9-21-14-8-12(19)11(18)7-13(14)20-15(21)5-6-17/h7-8,10H,5-6,9H2,1-4H3. The molecular formula is C16H21Cl2FN2. The van der Waals surface area contributed by atoms with Gasteiger partial charge in [0.05, 0.1) is 16.1 Å². The topological polar surface area (TPSA) is 17.8 Å². The molecule has 0 spiro atoms.